The number of nitrogens with one attached hydrogen (secondary N) is 4. The van der Waals surface area contributed by atoms with E-state index >= 15 is 14.4 Å². The van der Waals surface area contributed by atoms with E-state index in [1.807, 2.05) is 41.5 Å². The number of rotatable bonds is 15. The first-order valence-electron chi connectivity index (χ1n) is 31.3. The molecule has 1 fully saturated rings. The molecular weight excluding hydrogens is 1130 g/mol. The number of aliphatic hydroxyl groups excluding tert-OH is 1. The highest BCUT2D eigenvalue weighted by atomic mass is 16.3. The molecule has 11 amide bonds. The molecule has 1 aromatic rings. The first kappa shape index (κ1) is 77.2. The van der Waals surface area contributed by atoms with Gasteiger partial charge in [0.15, 0.2) is 0 Å². The monoisotopic (exact) mass is 1240 g/mol. The van der Waals surface area contributed by atoms with Gasteiger partial charge in [-0.15, -0.1) is 0 Å². The summed E-state index contributed by atoms with van der Waals surface area (Å²) in [6, 6.07) is -3.69. The molecule has 0 aromatic heterocycles. The van der Waals surface area contributed by atoms with Crippen LogP contribution in [-0.2, 0) is 59.2 Å². The Morgan fingerprint density at radius 1 is 0.511 bits per heavy atom. The zero-order valence-electron chi connectivity index (χ0n) is 56.9. The van der Waals surface area contributed by atoms with Gasteiger partial charge in [-0.2, -0.15) is 0 Å². The summed E-state index contributed by atoms with van der Waals surface area (Å²) in [6.07, 6.45) is 2.81. The molecule has 1 aliphatic heterocycles. The van der Waals surface area contributed by atoms with Crippen LogP contribution in [0.15, 0.2) is 42.5 Å². The van der Waals surface area contributed by atoms with Gasteiger partial charge < -0.3 is 60.7 Å². The largest absolute Gasteiger partial charge is 0.390 e. The number of amides is 11. The van der Waals surface area contributed by atoms with E-state index in [0.29, 0.717) is 12.0 Å². The minimum absolute atomic E-state index is 0.00973. The van der Waals surface area contributed by atoms with Crippen molar-refractivity contribution >= 4 is 65.0 Å². The van der Waals surface area contributed by atoms with Gasteiger partial charge >= 0.3 is 0 Å². The predicted octanol–water partition coefficient (Wildman–Crippen LogP) is 3.47. The second-order valence-electron chi connectivity index (χ2n) is 26.1. The van der Waals surface area contributed by atoms with Gasteiger partial charge in [0.25, 0.3) is 0 Å². The Morgan fingerprint density at radius 2 is 1.01 bits per heavy atom. The quantitative estimate of drug-likeness (QED) is 0.158. The summed E-state index contributed by atoms with van der Waals surface area (Å²) in [7, 11) is 9.86. The zero-order chi connectivity index (χ0) is 67.5. The first-order chi connectivity index (χ1) is 40.9. The minimum Gasteiger partial charge on any atom is -0.390 e. The second kappa shape index (κ2) is 35.3. The molecule has 0 bridgehead atoms. The molecule has 496 valence electrons. The summed E-state index contributed by atoms with van der Waals surface area (Å²) in [5, 5.41) is 23.2. The van der Waals surface area contributed by atoms with Crippen molar-refractivity contribution < 1.29 is 57.8 Å². The fourth-order valence-corrected chi connectivity index (χ4v) is 11.0. The third kappa shape index (κ3) is 21.1. The predicted molar refractivity (Wildman–Crippen MR) is 339 cm³/mol. The number of aliphatic hydroxyl groups is 1. The molecule has 1 saturated heterocycles. The number of hydrogen-bond donors (Lipinski definition) is 5. The van der Waals surface area contributed by atoms with Crippen molar-refractivity contribution in [2.24, 2.45) is 35.5 Å². The van der Waals surface area contributed by atoms with Gasteiger partial charge in [0.05, 0.1) is 12.6 Å². The van der Waals surface area contributed by atoms with Crippen molar-refractivity contribution in [2.75, 3.05) is 55.9 Å². The Morgan fingerprint density at radius 3 is 1.50 bits per heavy atom. The van der Waals surface area contributed by atoms with Crippen molar-refractivity contribution in [1.82, 2.24) is 55.6 Å². The standard InChI is InChI=1S/C65H109N11O12/c1-23-25-29-42(13)55(78)54-59(82)67-46(24-2)61(84)70(16)36-51(77)72(18)48(35-45-30-27-26-28-31-45)58(81)69-52(40(9)10)64(87)71(17)44(15)56(79)68-47(32-37(3)4)57(80)66-43(14)60(83)73(19)49(33-38(5)6)62(85)74(20)50(34-39(7)8)63(86)75(21)53(41(11)12)65(88)76(54)22/h23,25-28,30-31,37-44,46-50,52-55,78H,24,29,32-36H2,1-22H3,(H,66,80)(H,67,82)(H,68,79)(H,69,81)/b25-23+/t42-,43-,44+,46+,47+,48+,49+,50+,52+,53+,54+,55-/m1/s1. The smallest absolute Gasteiger partial charge is 0.246 e. The number of likely N-dealkylation sites (N-methyl/N-ethyl adjacent to an activating group) is 7. The molecule has 1 heterocycles. The molecular formula is C65H109N11O12. The van der Waals surface area contributed by atoms with Crippen LogP contribution in [0.25, 0.3) is 0 Å². The van der Waals surface area contributed by atoms with Crippen LogP contribution in [-0.4, -0.2) is 227 Å². The fourth-order valence-electron chi connectivity index (χ4n) is 11.0. The van der Waals surface area contributed by atoms with Gasteiger partial charge in [-0.25, -0.2) is 0 Å². The van der Waals surface area contributed by atoms with Crippen LogP contribution < -0.4 is 21.3 Å². The van der Waals surface area contributed by atoms with Gasteiger partial charge in [-0.1, -0.05) is 126 Å². The lowest BCUT2D eigenvalue weighted by Crippen LogP contribution is -2.63. The maximum absolute atomic E-state index is 15.2. The van der Waals surface area contributed by atoms with E-state index in [-0.39, 0.29) is 49.9 Å². The third-order valence-corrected chi connectivity index (χ3v) is 16.7. The fraction of sp³-hybridized carbons (Fsp3) is 0.708. The molecule has 12 atom stereocenters. The number of carbonyl (C=O) groups is 11. The van der Waals surface area contributed by atoms with Crippen LogP contribution in [0, 0.1) is 35.5 Å². The topological polar surface area (TPSA) is 279 Å². The Labute approximate surface area is 524 Å². The highest BCUT2D eigenvalue weighted by Crippen LogP contribution is 2.25. The van der Waals surface area contributed by atoms with Crippen LogP contribution in [0.2, 0.25) is 0 Å². The molecule has 88 heavy (non-hydrogen) atoms. The van der Waals surface area contributed by atoms with E-state index in [1.165, 1.54) is 82.8 Å². The minimum atomic E-state index is -1.62. The lowest BCUT2D eigenvalue weighted by atomic mass is 9.91. The van der Waals surface area contributed by atoms with Crippen molar-refractivity contribution in [1.29, 1.82) is 0 Å². The summed E-state index contributed by atoms with van der Waals surface area (Å²) in [6.45, 7) is 25.6. The van der Waals surface area contributed by atoms with E-state index in [0.717, 1.165) is 14.7 Å². The Kier molecular flexibility index (Phi) is 31.0. The molecule has 23 nitrogen and oxygen atoms in total. The lowest BCUT2D eigenvalue weighted by molar-refractivity contribution is -0.157. The molecule has 5 N–H and O–H groups in total. The number of allylic oxidation sites excluding steroid dienone is 2. The summed E-state index contributed by atoms with van der Waals surface area (Å²) in [5.41, 5.74) is 0.673. The lowest BCUT2D eigenvalue weighted by Gasteiger charge is -2.41. The average Bonchev–Trinajstić information content (AvgIpc) is 2.39. The summed E-state index contributed by atoms with van der Waals surface area (Å²) in [5.74, 6) is -9.79. The van der Waals surface area contributed by atoms with Crippen molar-refractivity contribution in [3.05, 3.63) is 48.0 Å². The third-order valence-electron chi connectivity index (χ3n) is 16.7. The average molecular weight is 1240 g/mol. The highest BCUT2D eigenvalue weighted by molar-refractivity contribution is 5.99. The van der Waals surface area contributed by atoms with Gasteiger partial charge in [0.2, 0.25) is 65.0 Å². The molecule has 1 aliphatic rings. The maximum Gasteiger partial charge on any atom is 0.246 e. The van der Waals surface area contributed by atoms with E-state index in [9.17, 15) is 43.5 Å². The second-order valence-corrected chi connectivity index (χ2v) is 26.1. The molecule has 0 radical (unpaired) electrons. The number of carbonyl (C=O) groups excluding carboxylic acids is 11. The Hall–Kier alpha value is -6.91. The van der Waals surface area contributed by atoms with E-state index in [2.05, 4.69) is 21.3 Å². The van der Waals surface area contributed by atoms with Crippen LogP contribution in [0.3, 0.4) is 0 Å². The summed E-state index contributed by atoms with van der Waals surface area (Å²) < 4.78 is 0. The van der Waals surface area contributed by atoms with E-state index in [4.69, 9.17) is 0 Å². The van der Waals surface area contributed by atoms with Crippen LogP contribution in [0.5, 0.6) is 0 Å². The van der Waals surface area contributed by atoms with E-state index in [1.54, 1.807) is 91.0 Å². The highest BCUT2D eigenvalue weighted by Gasteiger charge is 2.45. The Balaban J connectivity index is 3.00. The molecule has 1 aromatic carbocycles. The summed E-state index contributed by atoms with van der Waals surface area (Å²) >= 11 is 0. The van der Waals surface area contributed by atoms with Crippen molar-refractivity contribution in [2.45, 2.75) is 209 Å². The van der Waals surface area contributed by atoms with Crippen molar-refractivity contribution in [3.63, 3.8) is 0 Å². The van der Waals surface area contributed by atoms with Crippen molar-refractivity contribution in [3.8, 4) is 0 Å². The molecule has 0 saturated carbocycles. The molecule has 0 spiro atoms. The normalized spacial score (nSPS) is 26.3. The number of nitrogens with zero attached hydrogens (tertiary/aromatic N) is 7. The van der Waals surface area contributed by atoms with E-state index < -0.39 is 156 Å². The summed E-state index contributed by atoms with van der Waals surface area (Å²) in [4.78, 5) is 170. The van der Waals surface area contributed by atoms with Gasteiger partial charge in [-0.3, -0.25) is 52.7 Å². The van der Waals surface area contributed by atoms with Crippen LogP contribution in [0.1, 0.15) is 142 Å². The molecule has 0 unspecified atom stereocenters. The van der Waals surface area contributed by atoms with Gasteiger partial charge in [-0.05, 0) is 93.9 Å². The van der Waals surface area contributed by atoms with Gasteiger partial charge in [0.1, 0.15) is 60.4 Å². The Bertz CT molecular complexity index is 2580. The molecule has 2 rings (SSSR count). The SMILES string of the molecule is C/C=C/C[C@@H](C)[C@@H](O)[C@H]1C(=O)N[C@@H](CC)C(=O)N(C)CC(=O)N(C)[C@@H](Cc2ccccc2)C(=O)N[C@@H](C(C)C)C(=O)N(C)[C@@H](C)C(=O)N[C@@H](CC(C)C)C(=O)N[C@H](C)C(=O)N(C)[C@@H](CC(C)C)C(=O)N(C)[C@@H](CC(C)C)C(=O)N(C)[C@@H](C(C)C)C(=O)N1C. The number of hydrogen-bond acceptors (Lipinski definition) is 12. The van der Waals surface area contributed by atoms with Crippen LogP contribution >= 0.6 is 0 Å². The maximum atomic E-state index is 15.2. The van der Waals surface area contributed by atoms with Gasteiger partial charge in [0, 0.05) is 55.8 Å². The zero-order valence-corrected chi connectivity index (χ0v) is 56.9. The first-order valence-corrected chi connectivity index (χ1v) is 31.3. The van der Waals surface area contributed by atoms with Crippen LogP contribution in [0.4, 0.5) is 0 Å². The molecule has 23 heteroatoms. The molecule has 0 aliphatic carbocycles. The number of benzene rings is 1.